The zero-order valence-electron chi connectivity index (χ0n) is 13.4. The van der Waals surface area contributed by atoms with E-state index in [2.05, 4.69) is 9.97 Å². The summed E-state index contributed by atoms with van der Waals surface area (Å²) < 4.78 is 24.3. The van der Waals surface area contributed by atoms with Crippen molar-refractivity contribution in [2.45, 2.75) is 19.2 Å². The first-order valence-electron chi connectivity index (χ1n) is 8.05. The third kappa shape index (κ3) is 3.17. The number of ether oxygens (including phenoxy) is 1. The summed E-state index contributed by atoms with van der Waals surface area (Å²) in [5.41, 5.74) is 0.919. The second kappa shape index (κ2) is 6.51. The van der Waals surface area contributed by atoms with Gasteiger partial charge in [0, 0.05) is 18.1 Å². The van der Waals surface area contributed by atoms with Crippen molar-refractivity contribution in [3.63, 3.8) is 0 Å². The van der Waals surface area contributed by atoms with E-state index in [0.717, 1.165) is 10.9 Å². The van der Waals surface area contributed by atoms with Crippen LogP contribution in [0.15, 0.2) is 47.2 Å². The number of benzene rings is 1. The second-order valence-electron chi connectivity index (χ2n) is 5.88. The number of halogens is 1. The van der Waals surface area contributed by atoms with E-state index in [1.807, 2.05) is 30.3 Å². The first-order valence-corrected chi connectivity index (χ1v) is 8.05. The molecule has 0 bridgehead atoms. The molecule has 1 fully saturated rings. The van der Waals surface area contributed by atoms with Crippen LogP contribution in [0, 0.1) is 0 Å². The minimum Gasteiger partial charge on any atom is -0.482 e. The molecule has 1 atom stereocenters. The van der Waals surface area contributed by atoms with Crippen molar-refractivity contribution in [1.82, 2.24) is 14.9 Å². The normalized spacial score (nSPS) is 17.2. The number of aromatic nitrogens is 2. The number of para-hydroxylation sites is 1. The van der Waals surface area contributed by atoms with Crippen LogP contribution >= 0.6 is 0 Å². The SMILES string of the molecule is O=C(c1coc(COc2cccc3cccnc23)n1)N1CC[C@H](F)C1. The number of hydrogen-bond donors (Lipinski definition) is 0. The zero-order chi connectivity index (χ0) is 17.2. The molecule has 1 aromatic carbocycles. The fourth-order valence-electron chi connectivity index (χ4n) is 2.87. The van der Waals surface area contributed by atoms with Gasteiger partial charge in [0.1, 0.15) is 23.7 Å². The Kier molecular flexibility index (Phi) is 4.05. The van der Waals surface area contributed by atoms with Crippen LogP contribution in [0.5, 0.6) is 5.75 Å². The lowest BCUT2D eigenvalue weighted by Gasteiger charge is -2.12. The highest BCUT2D eigenvalue weighted by atomic mass is 19.1. The van der Waals surface area contributed by atoms with Crippen molar-refractivity contribution in [2.24, 2.45) is 0 Å². The van der Waals surface area contributed by atoms with Gasteiger partial charge in [-0.05, 0) is 18.6 Å². The van der Waals surface area contributed by atoms with Crippen LogP contribution in [0.1, 0.15) is 22.8 Å². The Hall–Kier alpha value is -2.96. The number of likely N-dealkylation sites (tertiary alicyclic amines) is 1. The molecule has 25 heavy (non-hydrogen) atoms. The number of amides is 1. The van der Waals surface area contributed by atoms with E-state index in [0.29, 0.717) is 18.7 Å². The van der Waals surface area contributed by atoms with E-state index in [1.54, 1.807) is 6.20 Å². The molecule has 7 heteroatoms. The molecule has 0 aliphatic carbocycles. The van der Waals surface area contributed by atoms with Gasteiger partial charge in [0.25, 0.3) is 5.91 Å². The predicted octanol–water partition coefficient (Wildman–Crippen LogP) is 2.99. The number of pyridine rings is 1. The molecule has 0 radical (unpaired) electrons. The van der Waals surface area contributed by atoms with Gasteiger partial charge in [0.2, 0.25) is 5.89 Å². The van der Waals surface area contributed by atoms with Crippen LogP contribution in [0.25, 0.3) is 10.9 Å². The summed E-state index contributed by atoms with van der Waals surface area (Å²) in [5, 5.41) is 0.970. The van der Waals surface area contributed by atoms with Crippen molar-refractivity contribution in [2.75, 3.05) is 13.1 Å². The van der Waals surface area contributed by atoms with Crippen molar-refractivity contribution in [3.05, 3.63) is 54.4 Å². The number of nitrogens with zero attached hydrogens (tertiary/aromatic N) is 3. The van der Waals surface area contributed by atoms with Crippen LogP contribution < -0.4 is 4.74 Å². The molecule has 6 nitrogen and oxygen atoms in total. The lowest BCUT2D eigenvalue weighted by molar-refractivity contribution is 0.0777. The molecule has 0 spiro atoms. The van der Waals surface area contributed by atoms with Gasteiger partial charge < -0.3 is 14.1 Å². The molecule has 0 unspecified atom stereocenters. The van der Waals surface area contributed by atoms with Crippen molar-refractivity contribution < 1.29 is 18.3 Å². The first kappa shape index (κ1) is 15.6. The monoisotopic (exact) mass is 341 g/mol. The van der Waals surface area contributed by atoms with Gasteiger partial charge in [-0.1, -0.05) is 18.2 Å². The van der Waals surface area contributed by atoms with E-state index in [1.165, 1.54) is 11.2 Å². The molecule has 1 amide bonds. The molecule has 1 saturated heterocycles. The minimum absolute atomic E-state index is 0.0781. The Balaban J connectivity index is 1.45. The predicted molar refractivity (Wildman–Crippen MR) is 88.0 cm³/mol. The molecule has 3 heterocycles. The number of fused-ring (bicyclic) bond motifs is 1. The molecule has 3 aromatic rings. The molecular formula is C18H16FN3O3. The maximum atomic E-state index is 13.2. The van der Waals surface area contributed by atoms with E-state index in [9.17, 15) is 9.18 Å². The van der Waals surface area contributed by atoms with Gasteiger partial charge in [-0.2, -0.15) is 0 Å². The largest absolute Gasteiger partial charge is 0.482 e. The van der Waals surface area contributed by atoms with Crippen molar-refractivity contribution >= 4 is 16.8 Å². The maximum Gasteiger partial charge on any atom is 0.275 e. The van der Waals surface area contributed by atoms with Gasteiger partial charge in [0.05, 0.1) is 6.54 Å². The lowest BCUT2D eigenvalue weighted by atomic mass is 10.2. The maximum absolute atomic E-state index is 13.2. The number of hydrogen-bond acceptors (Lipinski definition) is 5. The number of oxazole rings is 1. The van der Waals surface area contributed by atoms with Gasteiger partial charge >= 0.3 is 0 Å². The molecule has 2 aromatic heterocycles. The highest BCUT2D eigenvalue weighted by Gasteiger charge is 2.28. The van der Waals surface area contributed by atoms with Crippen LogP contribution in [0.4, 0.5) is 4.39 Å². The zero-order valence-corrected chi connectivity index (χ0v) is 13.4. The summed E-state index contributed by atoms with van der Waals surface area (Å²) >= 11 is 0. The number of rotatable bonds is 4. The standard InChI is InChI=1S/C18H16FN3O3/c19-13-6-8-22(9-13)18(23)14-10-25-16(21-14)11-24-15-5-1-3-12-4-2-7-20-17(12)15/h1-5,7,10,13H,6,8-9,11H2/t13-/m0/s1. The number of carbonyl (C=O) groups excluding carboxylic acids is 1. The summed E-state index contributed by atoms with van der Waals surface area (Å²) in [4.78, 5) is 22.2. The Bertz CT molecular complexity index is 906. The molecule has 128 valence electrons. The molecule has 0 N–H and O–H groups in total. The first-order chi connectivity index (χ1) is 12.2. The van der Waals surface area contributed by atoms with Gasteiger partial charge in [-0.3, -0.25) is 9.78 Å². The topological polar surface area (TPSA) is 68.5 Å². The van der Waals surface area contributed by atoms with Crippen molar-refractivity contribution in [1.29, 1.82) is 0 Å². The Morgan fingerprint density at radius 2 is 2.24 bits per heavy atom. The number of carbonyl (C=O) groups is 1. The summed E-state index contributed by atoms with van der Waals surface area (Å²) in [6.45, 7) is 0.592. The lowest BCUT2D eigenvalue weighted by Crippen LogP contribution is -2.29. The molecular weight excluding hydrogens is 325 g/mol. The summed E-state index contributed by atoms with van der Waals surface area (Å²) in [5.74, 6) is 0.582. The summed E-state index contributed by atoms with van der Waals surface area (Å²) in [6, 6.07) is 9.45. The average Bonchev–Trinajstić information content (AvgIpc) is 3.28. The van der Waals surface area contributed by atoms with Crippen molar-refractivity contribution in [3.8, 4) is 5.75 Å². The highest BCUT2D eigenvalue weighted by molar-refractivity contribution is 5.92. The fourth-order valence-corrected chi connectivity index (χ4v) is 2.87. The molecule has 1 aliphatic rings. The highest BCUT2D eigenvalue weighted by Crippen LogP contribution is 2.24. The van der Waals surface area contributed by atoms with E-state index < -0.39 is 6.17 Å². The smallest absolute Gasteiger partial charge is 0.275 e. The van der Waals surface area contributed by atoms with E-state index in [-0.39, 0.29) is 30.6 Å². The van der Waals surface area contributed by atoms with Crippen LogP contribution in [0.3, 0.4) is 0 Å². The molecule has 4 rings (SSSR count). The van der Waals surface area contributed by atoms with Gasteiger partial charge in [-0.15, -0.1) is 0 Å². The quantitative estimate of drug-likeness (QED) is 0.730. The summed E-state index contributed by atoms with van der Waals surface area (Å²) in [7, 11) is 0. The average molecular weight is 341 g/mol. The van der Waals surface area contributed by atoms with Crippen LogP contribution in [-0.4, -0.2) is 40.0 Å². The second-order valence-corrected chi connectivity index (χ2v) is 5.88. The fraction of sp³-hybridized carbons (Fsp3) is 0.278. The Morgan fingerprint density at radius 1 is 1.36 bits per heavy atom. The Morgan fingerprint density at radius 3 is 3.08 bits per heavy atom. The minimum atomic E-state index is -0.961. The van der Waals surface area contributed by atoms with Gasteiger partial charge in [-0.25, -0.2) is 9.37 Å². The summed E-state index contributed by atoms with van der Waals surface area (Å²) in [6.07, 6.45) is 2.39. The van der Waals surface area contributed by atoms with Crippen LogP contribution in [0.2, 0.25) is 0 Å². The third-order valence-corrected chi connectivity index (χ3v) is 4.14. The van der Waals surface area contributed by atoms with Crippen LogP contribution in [-0.2, 0) is 6.61 Å². The third-order valence-electron chi connectivity index (χ3n) is 4.14. The number of alkyl halides is 1. The van der Waals surface area contributed by atoms with E-state index in [4.69, 9.17) is 9.15 Å². The van der Waals surface area contributed by atoms with E-state index >= 15 is 0 Å². The molecule has 1 aliphatic heterocycles. The van der Waals surface area contributed by atoms with Gasteiger partial charge in [0.15, 0.2) is 12.3 Å². The molecule has 0 saturated carbocycles. The Labute approximate surface area is 143 Å².